The average molecular weight is 232 g/mol. The van der Waals surface area contributed by atoms with E-state index >= 15 is 0 Å². The zero-order valence-electron chi connectivity index (χ0n) is 11.0. The van der Waals surface area contributed by atoms with Crippen LogP contribution in [0, 0.1) is 12.8 Å². The van der Waals surface area contributed by atoms with Gasteiger partial charge in [-0.2, -0.15) is 0 Å². The van der Waals surface area contributed by atoms with E-state index in [1.807, 2.05) is 0 Å². The first-order valence-corrected chi connectivity index (χ1v) is 6.66. The molecule has 1 aliphatic heterocycles. The molecule has 2 atom stereocenters. The van der Waals surface area contributed by atoms with Crippen LogP contribution in [0.5, 0.6) is 0 Å². The van der Waals surface area contributed by atoms with Crippen LogP contribution in [-0.2, 0) is 0 Å². The van der Waals surface area contributed by atoms with Gasteiger partial charge in [0.05, 0.1) is 0 Å². The molecule has 0 bridgehead atoms. The van der Waals surface area contributed by atoms with Crippen molar-refractivity contribution in [3.05, 3.63) is 35.4 Å². The highest BCUT2D eigenvalue weighted by Gasteiger charge is 2.25. The summed E-state index contributed by atoms with van der Waals surface area (Å²) in [6.07, 6.45) is 2.47. The van der Waals surface area contributed by atoms with Crippen LogP contribution < -0.4 is 5.73 Å². The summed E-state index contributed by atoms with van der Waals surface area (Å²) in [5.74, 6) is 1.28. The first-order chi connectivity index (χ1) is 8.20. The SMILES string of the molecule is Cc1cccc(C2CCN(C)CCC2CN)c1. The lowest BCUT2D eigenvalue weighted by atomic mass is 9.82. The fourth-order valence-corrected chi connectivity index (χ4v) is 2.92. The van der Waals surface area contributed by atoms with Crippen molar-refractivity contribution in [1.82, 2.24) is 4.90 Å². The Morgan fingerprint density at radius 1 is 1.29 bits per heavy atom. The largest absolute Gasteiger partial charge is 0.330 e. The van der Waals surface area contributed by atoms with E-state index in [-0.39, 0.29) is 0 Å². The van der Waals surface area contributed by atoms with Crippen molar-refractivity contribution in [1.29, 1.82) is 0 Å². The van der Waals surface area contributed by atoms with E-state index in [0.29, 0.717) is 11.8 Å². The minimum absolute atomic E-state index is 0.641. The van der Waals surface area contributed by atoms with E-state index in [0.717, 1.165) is 6.54 Å². The summed E-state index contributed by atoms with van der Waals surface area (Å²) in [4.78, 5) is 2.43. The van der Waals surface area contributed by atoms with Crippen LogP contribution in [-0.4, -0.2) is 31.6 Å². The van der Waals surface area contributed by atoms with Crippen molar-refractivity contribution < 1.29 is 0 Å². The second-order valence-corrected chi connectivity index (χ2v) is 5.40. The quantitative estimate of drug-likeness (QED) is 0.848. The molecule has 2 nitrogen and oxygen atoms in total. The summed E-state index contributed by atoms with van der Waals surface area (Å²) in [5.41, 5.74) is 8.80. The molecule has 0 radical (unpaired) electrons. The molecule has 94 valence electrons. The third-order valence-electron chi connectivity index (χ3n) is 4.05. The minimum Gasteiger partial charge on any atom is -0.330 e. The molecule has 1 saturated heterocycles. The first kappa shape index (κ1) is 12.6. The Bertz CT molecular complexity index is 362. The number of aryl methyl sites for hydroxylation is 1. The van der Waals surface area contributed by atoms with Crippen molar-refractivity contribution in [2.45, 2.75) is 25.7 Å². The molecule has 1 heterocycles. The Labute approximate surface area is 105 Å². The van der Waals surface area contributed by atoms with E-state index in [4.69, 9.17) is 5.73 Å². The van der Waals surface area contributed by atoms with E-state index in [1.165, 1.54) is 37.1 Å². The highest BCUT2D eigenvalue weighted by atomic mass is 15.1. The molecule has 17 heavy (non-hydrogen) atoms. The second-order valence-electron chi connectivity index (χ2n) is 5.40. The van der Waals surface area contributed by atoms with Gasteiger partial charge in [0.15, 0.2) is 0 Å². The zero-order valence-corrected chi connectivity index (χ0v) is 11.0. The third-order valence-corrected chi connectivity index (χ3v) is 4.05. The van der Waals surface area contributed by atoms with Crippen LogP contribution in [0.4, 0.5) is 0 Å². The maximum Gasteiger partial charge on any atom is -0.00158 e. The fourth-order valence-electron chi connectivity index (χ4n) is 2.92. The third kappa shape index (κ3) is 3.08. The van der Waals surface area contributed by atoms with E-state index in [1.54, 1.807) is 0 Å². The number of likely N-dealkylation sites (tertiary alicyclic amines) is 1. The molecule has 2 heteroatoms. The Morgan fingerprint density at radius 3 is 2.76 bits per heavy atom. The summed E-state index contributed by atoms with van der Waals surface area (Å²) in [6, 6.07) is 8.95. The molecule has 0 aromatic heterocycles. The maximum atomic E-state index is 5.97. The smallest absolute Gasteiger partial charge is 0.00158 e. The molecular formula is C15H24N2. The lowest BCUT2D eigenvalue weighted by Gasteiger charge is -2.24. The van der Waals surface area contributed by atoms with Crippen molar-refractivity contribution in [2.24, 2.45) is 11.7 Å². The van der Waals surface area contributed by atoms with Crippen LogP contribution in [0.2, 0.25) is 0 Å². The normalized spacial score (nSPS) is 26.8. The molecule has 1 aliphatic rings. The predicted molar refractivity (Wildman–Crippen MR) is 73.2 cm³/mol. The molecule has 1 fully saturated rings. The van der Waals surface area contributed by atoms with Gasteiger partial charge in [0.1, 0.15) is 0 Å². The van der Waals surface area contributed by atoms with Crippen LogP contribution in [0.15, 0.2) is 24.3 Å². The van der Waals surface area contributed by atoms with Crippen LogP contribution in [0.1, 0.15) is 29.9 Å². The Kier molecular flexibility index (Phi) is 4.19. The standard InChI is InChI=1S/C15H24N2/c1-12-4-3-5-13(10-12)15-7-9-17(2)8-6-14(15)11-16/h3-5,10,14-15H,6-9,11,16H2,1-2H3. The Hall–Kier alpha value is -0.860. The monoisotopic (exact) mass is 232 g/mol. The number of benzene rings is 1. The maximum absolute atomic E-state index is 5.97. The van der Waals surface area contributed by atoms with Gasteiger partial charge < -0.3 is 10.6 Å². The summed E-state index contributed by atoms with van der Waals surface area (Å²) in [5, 5.41) is 0. The van der Waals surface area contributed by atoms with Gasteiger partial charge in [-0.3, -0.25) is 0 Å². The lowest BCUT2D eigenvalue weighted by molar-refractivity contribution is 0.342. The van der Waals surface area contributed by atoms with E-state index in [2.05, 4.69) is 43.1 Å². The highest BCUT2D eigenvalue weighted by molar-refractivity contribution is 5.26. The number of hydrogen-bond donors (Lipinski definition) is 1. The molecule has 2 N–H and O–H groups in total. The predicted octanol–water partition coefficient (Wildman–Crippen LogP) is 2.38. The highest BCUT2D eigenvalue weighted by Crippen LogP contribution is 2.32. The molecular weight excluding hydrogens is 208 g/mol. The number of nitrogens with zero attached hydrogens (tertiary/aromatic N) is 1. The molecule has 1 aromatic rings. The average Bonchev–Trinajstić information content (AvgIpc) is 2.51. The van der Waals surface area contributed by atoms with Gasteiger partial charge in [-0.05, 0) is 63.8 Å². The molecule has 1 aromatic carbocycles. The molecule has 0 aliphatic carbocycles. The summed E-state index contributed by atoms with van der Waals surface area (Å²) in [7, 11) is 2.21. The summed E-state index contributed by atoms with van der Waals surface area (Å²) < 4.78 is 0. The van der Waals surface area contributed by atoms with Gasteiger partial charge in [-0.15, -0.1) is 0 Å². The Morgan fingerprint density at radius 2 is 2.06 bits per heavy atom. The van der Waals surface area contributed by atoms with Gasteiger partial charge in [0.25, 0.3) is 0 Å². The molecule has 2 unspecified atom stereocenters. The summed E-state index contributed by atoms with van der Waals surface area (Å²) in [6.45, 7) is 5.36. The van der Waals surface area contributed by atoms with Gasteiger partial charge >= 0.3 is 0 Å². The fraction of sp³-hybridized carbons (Fsp3) is 0.600. The van der Waals surface area contributed by atoms with Gasteiger partial charge in [-0.1, -0.05) is 29.8 Å². The summed E-state index contributed by atoms with van der Waals surface area (Å²) >= 11 is 0. The van der Waals surface area contributed by atoms with Crippen molar-refractivity contribution in [3.8, 4) is 0 Å². The van der Waals surface area contributed by atoms with Crippen molar-refractivity contribution in [2.75, 3.05) is 26.7 Å². The molecule has 2 rings (SSSR count). The van der Waals surface area contributed by atoms with Crippen LogP contribution in [0.3, 0.4) is 0 Å². The number of hydrogen-bond acceptors (Lipinski definition) is 2. The van der Waals surface area contributed by atoms with Crippen molar-refractivity contribution >= 4 is 0 Å². The van der Waals surface area contributed by atoms with Crippen LogP contribution in [0.25, 0.3) is 0 Å². The van der Waals surface area contributed by atoms with Gasteiger partial charge in [-0.25, -0.2) is 0 Å². The topological polar surface area (TPSA) is 29.3 Å². The van der Waals surface area contributed by atoms with Crippen LogP contribution >= 0.6 is 0 Å². The minimum atomic E-state index is 0.641. The second kappa shape index (κ2) is 5.65. The number of rotatable bonds is 2. The molecule has 0 saturated carbocycles. The molecule has 0 amide bonds. The number of nitrogens with two attached hydrogens (primary N) is 1. The van der Waals surface area contributed by atoms with Crippen molar-refractivity contribution in [3.63, 3.8) is 0 Å². The Balaban J connectivity index is 2.21. The first-order valence-electron chi connectivity index (χ1n) is 6.66. The zero-order chi connectivity index (χ0) is 12.3. The van der Waals surface area contributed by atoms with E-state index in [9.17, 15) is 0 Å². The lowest BCUT2D eigenvalue weighted by Crippen LogP contribution is -2.22. The van der Waals surface area contributed by atoms with Gasteiger partial charge in [0, 0.05) is 0 Å². The van der Waals surface area contributed by atoms with E-state index < -0.39 is 0 Å². The molecule has 0 spiro atoms. The van der Waals surface area contributed by atoms with Gasteiger partial charge in [0.2, 0.25) is 0 Å².